The van der Waals surface area contributed by atoms with E-state index >= 15 is 0 Å². The quantitative estimate of drug-likeness (QED) is 0.434. The van der Waals surface area contributed by atoms with Gasteiger partial charge in [-0.15, -0.1) is 0 Å². The van der Waals surface area contributed by atoms with Crippen molar-refractivity contribution < 1.29 is 9.53 Å². The van der Waals surface area contributed by atoms with Crippen molar-refractivity contribution in [2.45, 2.75) is 27.2 Å². The first kappa shape index (κ1) is 24.3. The summed E-state index contributed by atoms with van der Waals surface area (Å²) in [6, 6.07) is 16.9. The fraction of sp³-hybridized carbons (Fsp3) is 0.240. The molecule has 144 valence electrons. The summed E-state index contributed by atoms with van der Waals surface area (Å²) in [5.74, 6) is 0.0414. The summed E-state index contributed by atoms with van der Waals surface area (Å²) in [6.45, 7) is 10.0. The van der Waals surface area contributed by atoms with Gasteiger partial charge >= 0.3 is 0 Å². The largest absolute Gasteiger partial charge is 0.388 e. The van der Waals surface area contributed by atoms with Crippen LogP contribution in [-0.4, -0.2) is 20.0 Å². The zero-order valence-corrected chi connectivity index (χ0v) is 17.2. The minimum absolute atomic E-state index is 0.0414. The van der Waals surface area contributed by atoms with E-state index in [1.54, 1.807) is 14.2 Å². The molecule has 0 spiro atoms. The molecule has 2 heteroatoms. The van der Waals surface area contributed by atoms with E-state index < -0.39 is 0 Å². The number of ketones is 1. The van der Waals surface area contributed by atoms with E-state index in [-0.39, 0.29) is 5.78 Å². The Bertz CT molecular complexity index is 706. The highest BCUT2D eigenvalue weighted by molar-refractivity contribution is 6.09. The Balaban J connectivity index is 0.000000997. The average molecular weight is 365 g/mol. The van der Waals surface area contributed by atoms with E-state index in [1.807, 2.05) is 85.8 Å². The van der Waals surface area contributed by atoms with E-state index in [1.165, 1.54) is 6.42 Å². The Labute approximate surface area is 164 Å². The third-order valence-electron chi connectivity index (χ3n) is 3.20. The molecule has 0 bridgehead atoms. The highest BCUT2D eigenvalue weighted by Gasteiger charge is 2.08. The summed E-state index contributed by atoms with van der Waals surface area (Å²) in [6.07, 6.45) is 9.01. The summed E-state index contributed by atoms with van der Waals surface area (Å²) in [5, 5.41) is 0. The van der Waals surface area contributed by atoms with Gasteiger partial charge in [-0.1, -0.05) is 106 Å². The van der Waals surface area contributed by atoms with Crippen molar-refractivity contribution >= 4 is 11.4 Å². The van der Waals surface area contributed by atoms with Crippen LogP contribution < -0.4 is 0 Å². The highest BCUT2D eigenvalue weighted by Crippen LogP contribution is 2.18. The number of hydrogen-bond acceptors (Lipinski definition) is 2. The van der Waals surface area contributed by atoms with Crippen LogP contribution in [0.4, 0.5) is 0 Å². The van der Waals surface area contributed by atoms with Crippen molar-refractivity contribution in [1.29, 1.82) is 0 Å². The minimum Gasteiger partial charge on any atom is -0.388 e. The SMILES string of the molecule is C=C/C(=C\C=C/C)c1ccc(C(=O)c2ccccc2)cc1.CCC.COC. The zero-order chi connectivity index (χ0) is 20.5. The van der Waals surface area contributed by atoms with Crippen LogP contribution in [0, 0.1) is 0 Å². The lowest BCUT2D eigenvalue weighted by atomic mass is 9.99. The summed E-state index contributed by atoms with van der Waals surface area (Å²) in [5.41, 5.74) is 3.48. The van der Waals surface area contributed by atoms with Gasteiger partial charge in [0.2, 0.25) is 0 Å². The standard InChI is InChI=1S/C20H18O.C3H8.C2H6O/c1-3-5-9-16(4-2)17-12-14-19(15-13-17)20(21)18-10-7-6-8-11-18;2*1-3-2/h3-15H,2H2,1H3;3H2,1-2H3;1-2H3/b5-3-,16-9+;;. The van der Waals surface area contributed by atoms with Crippen molar-refractivity contribution in [2.24, 2.45) is 0 Å². The lowest BCUT2D eigenvalue weighted by Gasteiger charge is -2.04. The van der Waals surface area contributed by atoms with Crippen LogP contribution in [0.3, 0.4) is 0 Å². The third kappa shape index (κ3) is 9.53. The molecule has 0 radical (unpaired) electrons. The zero-order valence-electron chi connectivity index (χ0n) is 17.2. The predicted molar refractivity (Wildman–Crippen MR) is 118 cm³/mol. The Hall–Kier alpha value is -2.71. The van der Waals surface area contributed by atoms with E-state index in [0.29, 0.717) is 11.1 Å². The van der Waals surface area contributed by atoms with Crippen LogP contribution in [-0.2, 0) is 4.74 Å². The molecule has 0 atom stereocenters. The number of allylic oxidation sites excluding steroid dienone is 5. The molecule has 2 aromatic carbocycles. The number of ether oxygens (including phenoxy) is 1. The smallest absolute Gasteiger partial charge is 0.193 e. The lowest BCUT2D eigenvalue weighted by molar-refractivity contribution is 0.103. The van der Waals surface area contributed by atoms with Crippen LogP contribution in [0.15, 0.2) is 85.5 Å². The number of carbonyl (C=O) groups is 1. The van der Waals surface area contributed by atoms with Crippen molar-refractivity contribution in [2.75, 3.05) is 14.2 Å². The second-order valence-electron chi connectivity index (χ2n) is 5.74. The molecule has 0 heterocycles. The maximum atomic E-state index is 12.3. The molecule has 2 nitrogen and oxygen atoms in total. The van der Waals surface area contributed by atoms with Crippen molar-refractivity contribution in [3.63, 3.8) is 0 Å². The molecule has 0 aliphatic heterocycles. The first-order valence-electron chi connectivity index (χ1n) is 9.15. The molecule has 2 aromatic rings. The highest BCUT2D eigenvalue weighted by atomic mass is 16.4. The fourth-order valence-electron chi connectivity index (χ4n) is 2.05. The van der Waals surface area contributed by atoms with E-state index in [9.17, 15) is 4.79 Å². The molecule has 0 saturated heterocycles. The summed E-state index contributed by atoms with van der Waals surface area (Å²) in [7, 11) is 3.25. The molecule has 0 amide bonds. The molecule has 2 rings (SSSR count). The van der Waals surface area contributed by atoms with Gasteiger partial charge in [0.15, 0.2) is 5.78 Å². The molecule has 0 unspecified atom stereocenters. The molecule has 0 N–H and O–H groups in total. The maximum absolute atomic E-state index is 12.3. The van der Waals surface area contributed by atoms with E-state index in [0.717, 1.165) is 11.1 Å². The van der Waals surface area contributed by atoms with Crippen molar-refractivity contribution in [3.05, 3.63) is 102 Å². The van der Waals surface area contributed by atoms with Gasteiger partial charge < -0.3 is 4.74 Å². The Morgan fingerprint density at radius 3 is 1.81 bits per heavy atom. The molecule has 0 aromatic heterocycles. The lowest BCUT2D eigenvalue weighted by Crippen LogP contribution is -2.00. The molecular weight excluding hydrogens is 332 g/mol. The van der Waals surface area contributed by atoms with Gasteiger partial charge in [0.05, 0.1) is 0 Å². The van der Waals surface area contributed by atoms with Crippen molar-refractivity contribution in [3.8, 4) is 0 Å². The van der Waals surface area contributed by atoms with Gasteiger partial charge in [0, 0.05) is 25.3 Å². The summed E-state index contributed by atoms with van der Waals surface area (Å²) >= 11 is 0. The van der Waals surface area contributed by atoms with Crippen LogP contribution in [0.5, 0.6) is 0 Å². The normalized spacial score (nSPS) is 10.3. The molecule has 27 heavy (non-hydrogen) atoms. The van der Waals surface area contributed by atoms with Gasteiger partial charge in [0.1, 0.15) is 0 Å². The van der Waals surface area contributed by atoms with Gasteiger partial charge in [-0.25, -0.2) is 0 Å². The van der Waals surface area contributed by atoms with Crippen LogP contribution in [0.1, 0.15) is 48.7 Å². The number of rotatable bonds is 5. The molecule has 0 aliphatic carbocycles. The monoisotopic (exact) mass is 364 g/mol. The van der Waals surface area contributed by atoms with E-state index in [2.05, 4.69) is 25.2 Å². The average Bonchev–Trinajstić information content (AvgIpc) is 2.70. The first-order chi connectivity index (χ1) is 13.1. The van der Waals surface area contributed by atoms with Crippen LogP contribution in [0.2, 0.25) is 0 Å². The minimum atomic E-state index is 0.0414. The maximum Gasteiger partial charge on any atom is 0.193 e. The number of carbonyl (C=O) groups excluding carboxylic acids is 1. The number of hydrogen-bond donors (Lipinski definition) is 0. The predicted octanol–water partition coefficient (Wildman–Crippen LogP) is 6.74. The van der Waals surface area contributed by atoms with Gasteiger partial charge in [0.25, 0.3) is 0 Å². The Morgan fingerprint density at radius 2 is 1.37 bits per heavy atom. The number of methoxy groups -OCH3 is 1. The Morgan fingerprint density at radius 1 is 0.926 bits per heavy atom. The Kier molecular flexibility index (Phi) is 14.0. The molecular formula is C25H32O2. The second kappa shape index (κ2) is 15.5. The van der Waals surface area contributed by atoms with Gasteiger partial charge in [-0.05, 0) is 18.1 Å². The molecule has 0 aliphatic rings. The van der Waals surface area contributed by atoms with Gasteiger partial charge in [-0.2, -0.15) is 0 Å². The first-order valence-corrected chi connectivity index (χ1v) is 9.15. The summed E-state index contributed by atoms with van der Waals surface area (Å²) in [4.78, 5) is 12.3. The van der Waals surface area contributed by atoms with Gasteiger partial charge in [-0.3, -0.25) is 4.79 Å². The second-order valence-corrected chi connectivity index (χ2v) is 5.74. The third-order valence-corrected chi connectivity index (χ3v) is 3.20. The molecule has 0 fully saturated rings. The van der Waals surface area contributed by atoms with E-state index in [4.69, 9.17) is 0 Å². The summed E-state index contributed by atoms with van der Waals surface area (Å²) < 4.78 is 4.25. The topological polar surface area (TPSA) is 26.3 Å². The van der Waals surface area contributed by atoms with Crippen LogP contribution >= 0.6 is 0 Å². The van der Waals surface area contributed by atoms with Crippen LogP contribution in [0.25, 0.3) is 5.57 Å². The number of benzene rings is 2. The molecule has 0 saturated carbocycles. The fourth-order valence-corrected chi connectivity index (χ4v) is 2.05. The van der Waals surface area contributed by atoms with Crippen molar-refractivity contribution in [1.82, 2.24) is 0 Å².